The summed E-state index contributed by atoms with van der Waals surface area (Å²) in [6, 6.07) is 4.30. The maximum atomic E-state index is 13.5. The molecule has 0 spiro atoms. The number of aliphatic hydroxyl groups excluding tert-OH is 1. The molecule has 3 N–H and O–H groups in total. The first-order valence-corrected chi connectivity index (χ1v) is 11.3. The highest BCUT2D eigenvalue weighted by Gasteiger charge is 2.45. The number of rotatable bonds is 5. The van der Waals surface area contributed by atoms with Crippen molar-refractivity contribution < 1.29 is 33.8 Å². The van der Waals surface area contributed by atoms with Crippen LogP contribution in [0.15, 0.2) is 24.3 Å². The van der Waals surface area contributed by atoms with Crippen LogP contribution >= 0.6 is 0 Å². The molecule has 10 nitrogen and oxygen atoms in total. The minimum Gasteiger partial charge on any atom is -0.497 e. The van der Waals surface area contributed by atoms with Crippen molar-refractivity contribution in [2.45, 2.75) is 75.4 Å². The van der Waals surface area contributed by atoms with Crippen molar-refractivity contribution in [3.05, 3.63) is 29.8 Å². The van der Waals surface area contributed by atoms with Crippen LogP contribution in [-0.2, 0) is 19.1 Å². The zero-order valence-electron chi connectivity index (χ0n) is 18.5. The summed E-state index contributed by atoms with van der Waals surface area (Å²) in [6.45, 7) is 0. The fraction of sp³-hybridized carbons (Fsp3) is 0.565. The Morgan fingerprint density at radius 2 is 1.91 bits per heavy atom. The molecule has 0 aliphatic carbocycles. The number of carbonyl (C=O) groups excluding carboxylic acids is 4. The van der Waals surface area contributed by atoms with Gasteiger partial charge < -0.3 is 30.1 Å². The van der Waals surface area contributed by atoms with Gasteiger partial charge in [0.15, 0.2) is 0 Å². The molecule has 178 valence electrons. The molecule has 3 amide bonds. The summed E-state index contributed by atoms with van der Waals surface area (Å²) in [7, 11) is 1.51. The number of aliphatic hydroxyl groups is 1. The second-order valence-corrected chi connectivity index (χ2v) is 8.73. The van der Waals surface area contributed by atoms with Crippen LogP contribution < -0.4 is 15.4 Å². The quantitative estimate of drug-likeness (QED) is 0.545. The lowest BCUT2D eigenvalue weighted by Crippen LogP contribution is -2.57. The predicted octanol–water partition coefficient (Wildman–Crippen LogP) is 0.477. The van der Waals surface area contributed by atoms with Gasteiger partial charge in [0.2, 0.25) is 18.1 Å². The topological polar surface area (TPSA) is 134 Å². The molecule has 1 aromatic carbocycles. The third-order valence-corrected chi connectivity index (χ3v) is 6.59. The van der Waals surface area contributed by atoms with Gasteiger partial charge in [0.25, 0.3) is 5.91 Å². The lowest BCUT2D eigenvalue weighted by atomic mass is 9.98. The predicted molar refractivity (Wildman–Crippen MR) is 115 cm³/mol. The molecule has 0 bridgehead atoms. The Balaban J connectivity index is 1.48. The van der Waals surface area contributed by atoms with E-state index in [-0.39, 0.29) is 24.3 Å². The van der Waals surface area contributed by atoms with Crippen molar-refractivity contribution >= 4 is 23.7 Å². The first-order chi connectivity index (χ1) is 15.9. The van der Waals surface area contributed by atoms with Gasteiger partial charge in [-0.1, -0.05) is 18.9 Å². The van der Waals surface area contributed by atoms with Crippen LogP contribution in [-0.4, -0.2) is 71.3 Å². The maximum absolute atomic E-state index is 13.5. The number of nitrogens with one attached hydrogen (secondary N) is 2. The summed E-state index contributed by atoms with van der Waals surface area (Å²) >= 11 is 0. The number of fused-ring (bicyclic) bond motifs is 1. The van der Waals surface area contributed by atoms with E-state index in [4.69, 9.17) is 4.74 Å². The number of nitrogens with zero attached hydrogens (tertiary/aromatic N) is 1. The number of cyclic esters (lactones) is 1. The molecule has 3 fully saturated rings. The Morgan fingerprint density at radius 1 is 1.12 bits per heavy atom. The van der Waals surface area contributed by atoms with E-state index in [1.54, 1.807) is 29.2 Å². The molecule has 3 aliphatic rings. The highest BCUT2D eigenvalue weighted by molar-refractivity contribution is 5.99. The first-order valence-electron chi connectivity index (χ1n) is 11.3. The van der Waals surface area contributed by atoms with Crippen molar-refractivity contribution in [3.8, 4) is 5.75 Å². The maximum Gasteiger partial charge on any atom is 0.310 e. The van der Waals surface area contributed by atoms with E-state index in [0.29, 0.717) is 30.6 Å². The van der Waals surface area contributed by atoms with Crippen molar-refractivity contribution in [3.63, 3.8) is 0 Å². The lowest BCUT2D eigenvalue weighted by Gasteiger charge is -2.35. The van der Waals surface area contributed by atoms with Crippen LogP contribution in [0.5, 0.6) is 5.75 Å². The molecule has 10 heteroatoms. The Kier molecular flexibility index (Phi) is 6.83. The average molecular weight is 459 g/mol. The largest absolute Gasteiger partial charge is 0.497 e. The minimum atomic E-state index is -1.39. The molecule has 3 saturated heterocycles. The van der Waals surface area contributed by atoms with E-state index < -0.39 is 36.3 Å². The normalized spacial score (nSPS) is 29.5. The molecule has 5 atom stereocenters. The number of hydrogen-bond acceptors (Lipinski definition) is 7. The molecule has 0 saturated carbocycles. The number of carbonyl (C=O) groups is 4. The van der Waals surface area contributed by atoms with E-state index in [1.165, 1.54) is 7.11 Å². The fourth-order valence-corrected chi connectivity index (χ4v) is 4.88. The summed E-state index contributed by atoms with van der Waals surface area (Å²) < 4.78 is 9.86. The van der Waals surface area contributed by atoms with Crippen LogP contribution in [0.1, 0.15) is 55.3 Å². The molecule has 0 aromatic heterocycles. The van der Waals surface area contributed by atoms with E-state index in [0.717, 1.165) is 19.3 Å². The van der Waals surface area contributed by atoms with E-state index in [2.05, 4.69) is 15.4 Å². The van der Waals surface area contributed by atoms with Gasteiger partial charge in [0, 0.05) is 11.6 Å². The summed E-state index contributed by atoms with van der Waals surface area (Å²) in [5, 5.41) is 15.3. The van der Waals surface area contributed by atoms with Gasteiger partial charge in [0.05, 0.1) is 13.5 Å². The lowest BCUT2D eigenvalue weighted by molar-refractivity contribution is -0.155. The molecule has 1 aromatic rings. The Labute approximate surface area is 191 Å². The van der Waals surface area contributed by atoms with Gasteiger partial charge >= 0.3 is 5.97 Å². The molecule has 3 heterocycles. The molecule has 4 rings (SSSR count). The Morgan fingerprint density at radius 3 is 2.64 bits per heavy atom. The number of hydrogen-bond donors (Lipinski definition) is 3. The second-order valence-electron chi connectivity index (χ2n) is 8.73. The van der Waals surface area contributed by atoms with Gasteiger partial charge in [-0.15, -0.1) is 0 Å². The number of esters is 1. The number of methoxy groups -OCH3 is 1. The van der Waals surface area contributed by atoms with Crippen LogP contribution in [0.3, 0.4) is 0 Å². The van der Waals surface area contributed by atoms with Gasteiger partial charge in [0.1, 0.15) is 23.9 Å². The van der Waals surface area contributed by atoms with Gasteiger partial charge in [-0.2, -0.15) is 0 Å². The van der Waals surface area contributed by atoms with Crippen LogP contribution in [0, 0.1) is 0 Å². The van der Waals surface area contributed by atoms with Gasteiger partial charge in [-0.05, 0) is 43.9 Å². The summed E-state index contributed by atoms with van der Waals surface area (Å²) in [4.78, 5) is 52.3. The molecule has 3 aliphatic heterocycles. The smallest absolute Gasteiger partial charge is 0.310 e. The number of ether oxygens (including phenoxy) is 2. The Hall–Kier alpha value is -3.14. The highest BCUT2D eigenvalue weighted by atomic mass is 16.6. The summed E-state index contributed by atoms with van der Waals surface area (Å²) in [5.41, 5.74) is 0.386. The van der Waals surface area contributed by atoms with Crippen LogP contribution in [0.25, 0.3) is 0 Å². The first kappa shape index (κ1) is 23.0. The zero-order chi connectivity index (χ0) is 23.5. The molecule has 2 unspecified atom stereocenters. The molecule has 0 radical (unpaired) electrons. The molecular weight excluding hydrogens is 430 g/mol. The number of benzene rings is 1. The van der Waals surface area contributed by atoms with Crippen molar-refractivity contribution in [2.24, 2.45) is 0 Å². The Bertz CT molecular complexity index is 936. The zero-order valence-corrected chi connectivity index (χ0v) is 18.5. The van der Waals surface area contributed by atoms with Crippen LogP contribution in [0.2, 0.25) is 0 Å². The van der Waals surface area contributed by atoms with Gasteiger partial charge in [-0.3, -0.25) is 19.2 Å². The summed E-state index contributed by atoms with van der Waals surface area (Å²) in [5.74, 6) is -1.13. The van der Waals surface area contributed by atoms with Crippen molar-refractivity contribution in [1.82, 2.24) is 15.5 Å². The molecule has 33 heavy (non-hydrogen) atoms. The van der Waals surface area contributed by atoms with Crippen LogP contribution in [0.4, 0.5) is 0 Å². The van der Waals surface area contributed by atoms with E-state index in [9.17, 15) is 24.3 Å². The third kappa shape index (κ3) is 4.95. The third-order valence-electron chi connectivity index (χ3n) is 6.59. The minimum absolute atomic E-state index is 0.0869. The number of amides is 3. The monoisotopic (exact) mass is 459 g/mol. The van der Waals surface area contributed by atoms with E-state index in [1.807, 2.05) is 0 Å². The van der Waals surface area contributed by atoms with Gasteiger partial charge in [-0.25, -0.2) is 0 Å². The second kappa shape index (κ2) is 9.78. The van der Waals surface area contributed by atoms with Crippen molar-refractivity contribution in [1.29, 1.82) is 0 Å². The van der Waals surface area contributed by atoms with E-state index >= 15 is 0 Å². The highest BCUT2D eigenvalue weighted by Crippen LogP contribution is 2.32. The fourth-order valence-electron chi connectivity index (χ4n) is 4.88. The van der Waals surface area contributed by atoms with Crippen molar-refractivity contribution in [2.75, 3.05) is 7.11 Å². The average Bonchev–Trinajstić information content (AvgIpc) is 3.36. The molecular formula is C23H29N3O7. The summed E-state index contributed by atoms with van der Waals surface area (Å²) in [6.07, 6.45) is 2.61. The SMILES string of the molecule is COc1cccc(C(=O)N[C@H]2CCCC[C@H]3CC[C@@H](C(=O)NC4CC(=O)OC4O)N3C2=O)c1. The standard InChI is InChI=1S/C23H29N3O7/c1-32-15-7-4-5-13(11-15)20(28)24-16-8-3-2-6-14-9-10-18(26(14)22(16)30)21(29)25-17-12-19(27)33-23(17)31/h4-5,7,11,14,16-18,23,31H,2-3,6,8-10,12H2,1H3,(H,24,28)(H,25,29)/t14-,16-,17?,18-,23?/m0/s1.